The van der Waals surface area contributed by atoms with Crippen LogP contribution in [-0.4, -0.2) is 22.3 Å². The van der Waals surface area contributed by atoms with Gasteiger partial charge in [-0.2, -0.15) is 0 Å². The van der Waals surface area contributed by atoms with Crippen LogP contribution in [0.15, 0.2) is 54.7 Å². The first-order valence-electron chi connectivity index (χ1n) is 7.29. The van der Waals surface area contributed by atoms with Crippen LogP contribution in [-0.2, 0) is 7.05 Å². The number of aliphatic hydroxyl groups excluding tert-OH is 1. The molecule has 2 unspecified atom stereocenters. The minimum absolute atomic E-state index is 0.164. The van der Waals surface area contributed by atoms with Crippen LogP contribution in [0.5, 0.6) is 0 Å². The van der Waals surface area contributed by atoms with Gasteiger partial charge in [0.15, 0.2) is 0 Å². The molecule has 4 heteroatoms. The number of aromatic nitrogens is 1. The molecule has 3 nitrogen and oxygen atoms in total. The molecular weight excluding hydrogens is 279 g/mol. The molecule has 114 valence electrons. The molecule has 0 saturated heterocycles. The minimum Gasteiger partial charge on any atom is -0.391 e. The normalized spacial score (nSPS) is 14.2. The summed E-state index contributed by atoms with van der Waals surface area (Å²) in [7, 11) is 1.88. The standard InChI is InChI=1S/C18H19FN2O/c1-21-11-15(14-8-7-13(19)9-16(14)21)18(17(22)10-20)12-5-3-2-4-6-12/h2-9,11,17-18,22H,10,20H2,1H3. The molecule has 0 spiro atoms. The molecule has 0 bridgehead atoms. The molecule has 22 heavy (non-hydrogen) atoms. The summed E-state index contributed by atoms with van der Waals surface area (Å²) in [4.78, 5) is 0. The molecule has 1 aromatic heterocycles. The van der Waals surface area contributed by atoms with Crippen molar-refractivity contribution in [3.8, 4) is 0 Å². The van der Waals surface area contributed by atoms with Gasteiger partial charge in [-0.05, 0) is 29.3 Å². The van der Waals surface area contributed by atoms with Crippen molar-refractivity contribution in [2.75, 3.05) is 6.54 Å². The Balaban J connectivity index is 2.21. The molecule has 3 aromatic rings. The van der Waals surface area contributed by atoms with E-state index in [-0.39, 0.29) is 18.3 Å². The highest BCUT2D eigenvalue weighted by molar-refractivity contribution is 5.85. The van der Waals surface area contributed by atoms with Crippen molar-refractivity contribution >= 4 is 10.9 Å². The average molecular weight is 298 g/mol. The topological polar surface area (TPSA) is 51.2 Å². The summed E-state index contributed by atoms with van der Waals surface area (Å²) >= 11 is 0. The highest BCUT2D eigenvalue weighted by atomic mass is 19.1. The number of halogens is 1. The fourth-order valence-corrected chi connectivity index (χ4v) is 3.04. The Morgan fingerprint density at radius 1 is 1.18 bits per heavy atom. The lowest BCUT2D eigenvalue weighted by atomic mass is 9.86. The second kappa shape index (κ2) is 5.91. The second-order valence-electron chi connectivity index (χ2n) is 5.55. The SMILES string of the molecule is Cn1cc(C(c2ccccc2)C(O)CN)c2ccc(F)cc21. The molecule has 2 aromatic carbocycles. The predicted octanol–water partition coefficient (Wildman–Crippen LogP) is 2.77. The van der Waals surface area contributed by atoms with Gasteiger partial charge in [0, 0.05) is 31.1 Å². The minimum atomic E-state index is -0.696. The summed E-state index contributed by atoms with van der Waals surface area (Å²) in [6, 6.07) is 14.5. The monoisotopic (exact) mass is 298 g/mol. The molecular formula is C18H19FN2O. The van der Waals surface area contributed by atoms with E-state index < -0.39 is 6.10 Å². The number of fused-ring (bicyclic) bond motifs is 1. The first-order valence-corrected chi connectivity index (χ1v) is 7.29. The summed E-state index contributed by atoms with van der Waals surface area (Å²) in [6.07, 6.45) is 1.25. The lowest BCUT2D eigenvalue weighted by Gasteiger charge is -2.22. The number of nitrogens with two attached hydrogens (primary N) is 1. The molecule has 0 fully saturated rings. The third kappa shape index (κ3) is 2.51. The van der Waals surface area contributed by atoms with E-state index in [4.69, 9.17) is 5.73 Å². The maximum Gasteiger partial charge on any atom is 0.125 e. The van der Waals surface area contributed by atoms with E-state index >= 15 is 0 Å². The highest BCUT2D eigenvalue weighted by Gasteiger charge is 2.25. The molecule has 0 radical (unpaired) electrons. The number of benzene rings is 2. The van der Waals surface area contributed by atoms with Crippen LogP contribution in [0.25, 0.3) is 10.9 Å². The Morgan fingerprint density at radius 2 is 1.91 bits per heavy atom. The highest BCUT2D eigenvalue weighted by Crippen LogP contribution is 2.34. The van der Waals surface area contributed by atoms with Crippen LogP contribution in [0.3, 0.4) is 0 Å². The molecule has 1 heterocycles. The van der Waals surface area contributed by atoms with E-state index in [1.54, 1.807) is 6.07 Å². The van der Waals surface area contributed by atoms with Crippen molar-refractivity contribution in [3.05, 3.63) is 71.7 Å². The van der Waals surface area contributed by atoms with E-state index in [0.29, 0.717) is 0 Å². The maximum absolute atomic E-state index is 13.5. The molecule has 2 atom stereocenters. The number of aliphatic hydroxyl groups is 1. The zero-order valence-corrected chi connectivity index (χ0v) is 12.4. The van der Waals surface area contributed by atoms with E-state index in [9.17, 15) is 9.50 Å². The molecule has 0 saturated carbocycles. The van der Waals surface area contributed by atoms with E-state index in [0.717, 1.165) is 22.0 Å². The first kappa shape index (κ1) is 14.8. The van der Waals surface area contributed by atoms with Crippen molar-refractivity contribution in [2.45, 2.75) is 12.0 Å². The molecule has 3 rings (SSSR count). The largest absolute Gasteiger partial charge is 0.391 e. The first-order chi connectivity index (χ1) is 10.6. The van der Waals surface area contributed by atoms with Crippen molar-refractivity contribution in [2.24, 2.45) is 12.8 Å². The summed E-state index contributed by atoms with van der Waals surface area (Å²) < 4.78 is 15.4. The van der Waals surface area contributed by atoms with Gasteiger partial charge in [0.25, 0.3) is 0 Å². The van der Waals surface area contributed by atoms with Crippen LogP contribution in [0.2, 0.25) is 0 Å². The summed E-state index contributed by atoms with van der Waals surface area (Å²) in [5.74, 6) is -0.503. The summed E-state index contributed by atoms with van der Waals surface area (Å²) in [5.41, 5.74) is 8.47. The Bertz CT molecular complexity index is 782. The Labute approximate surface area is 128 Å². The van der Waals surface area contributed by atoms with Crippen LogP contribution in [0, 0.1) is 5.82 Å². The van der Waals surface area contributed by atoms with Crippen molar-refractivity contribution in [1.82, 2.24) is 4.57 Å². The van der Waals surface area contributed by atoms with Crippen molar-refractivity contribution in [1.29, 1.82) is 0 Å². The van der Waals surface area contributed by atoms with Crippen LogP contribution in [0.4, 0.5) is 4.39 Å². The van der Waals surface area contributed by atoms with Crippen molar-refractivity contribution < 1.29 is 9.50 Å². The molecule has 0 aliphatic rings. The molecule has 0 aliphatic heterocycles. The summed E-state index contributed by atoms with van der Waals surface area (Å²) in [6.45, 7) is 0.164. The maximum atomic E-state index is 13.5. The molecule has 3 N–H and O–H groups in total. The number of nitrogens with zero attached hydrogens (tertiary/aromatic N) is 1. The Hall–Kier alpha value is -2.17. The zero-order chi connectivity index (χ0) is 15.7. The Kier molecular flexibility index (Phi) is 3.96. The third-order valence-corrected chi connectivity index (χ3v) is 4.10. The lowest BCUT2D eigenvalue weighted by Crippen LogP contribution is -2.28. The number of hydrogen-bond donors (Lipinski definition) is 2. The fraction of sp³-hybridized carbons (Fsp3) is 0.222. The van der Waals surface area contributed by atoms with Gasteiger partial charge in [0.1, 0.15) is 5.82 Å². The van der Waals surface area contributed by atoms with Gasteiger partial charge in [-0.25, -0.2) is 4.39 Å². The van der Waals surface area contributed by atoms with Gasteiger partial charge >= 0.3 is 0 Å². The van der Waals surface area contributed by atoms with Gasteiger partial charge in [-0.15, -0.1) is 0 Å². The van der Waals surface area contributed by atoms with Crippen LogP contribution >= 0.6 is 0 Å². The third-order valence-electron chi connectivity index (χ3n) is 4.10. The van der Waals surface area contributed by atoms with E-state index in [1.807, 2.05) is 48.1 Å². The quantitative estimate of drug-likeness (QED) is 0.778. The van der Waals surface area contributed by atoms with Gasteiger partial charge in [0.05, 0.1) is 11.6 Å². The van der Waals surface area contributed by atoms with Gasteiger partial charge in [-0.3, -0.25) is 0 Å². The van der Waals surface area contributed by atoms with Crippen LogP contribution in [0.1, 0.15) is 17.0 Å². The van der Waals surface area contributed by atoms with Gasteiger partial charge in [0.2, 0.25) is 0 Å². The number of rotatable bonds is 4. The van der Waals surface area contributed by atoms with Gasteiger partial charge < -0.3 is 15.4 Å². The van der Waals surface area contributed by atoms with Crippen LogP contribution < -0.4 is 5.73 Å². The fourth-order valence-electron chi connectivity index (χ4n) is 3.04. The van der Waals surface area contributed by atoms with Gasteiger partial charge in [-0.1, -0.05) is 30.3 Å². The summed E-state index contributed by atoms with van der Waals surface area (Å²) in [5, 5.41) is 11.4. The second-order valence-corrected chi connectivity index (χ2v) is 5.55. The zero-order valence-electron chi connectivity index (χ0n) is 12.4. The average Bonchev–Trinajstić information content (AvgIpc) is 2.85. The lowest BCUT2D eigenvalue weighted by molar-refractivity contribution is 0.165. The van der Waals surface area contributed by atoms with Crippen molar-refractivity contribution in [3.63, 3.8) is 0 Å². The van der Waals surface area contributed by atoms with E-state index in [1.165, 1.54) is 12.1 Å². The number of aryl methyl sites for hydroxylation is 1. The number of hydrogen-bond acceptors (Lipinski definition) is 2. The van der Waals surface area contributed by atoms with E-state index in [2.05, 4.69) is 0 Å². The smallest absolute Gasteiger partial charge is 0.125 e. The predicted molar refractivity (Wildman–Crippen MR) is 86.2 cm³/mol. The molecule has 0 aliphatic carbocycles. The Morgan fingerprint density at radius 3 is 2.59 bits per heavy atom. The molecule has 0 amide bonds.